The molecule has 0 aliphatic carbocycles. The first-order chi connectivity index (χ1) is 9.22. The third-order valence-corrected chi connectivity index (χ3v) is 2.56. The average molecular weight is 305 g/mol. The van der Waals surface area contributed by atoms with E-state index in [0.29, 0.717) is 31.7 Å². The molecule has 1 aromatic rings. The van der Waals surface area contributed by atoms with Gasteiger partial charge in [-0.05, 0) is 50.7 Å². The molecule has 0 radical (unpaired) electrons. The Morgan fingerprint density at radius 1 is 1.20 bits per heavy atom. The summed E-state index contributed by atoms with van der Waals surface area (Å²) in [6.07, 6.45) is 2.02. The summed E-state index contributed by atoms with van der Waals surface area (Å²) in [6.45, 7) is 2.04. The van der Waals surface area contributed by atoms with Crippen LogP contribution in [0.25, 0.3) is 0 Å². The monoisotopic (exact) mass is 304 g/mol. The Morgan fingerprint density at radius 2 is 1.90 bits per heavy atom. The van der Waals surface area contributed by atoms with Gasteiger partial charge in [-0.3, -0.25) is 4.79 Å². The van der Waals surface area contributed by atoms with E-state index < -0.39 is 0 Å². The maximum absolute atomic E-state index is 12.6. The van der Waals surface area contributed by atoms with Gasteiger partial charge in [-0.15, -0.1) is 12.4 Å². The van der Waals surface area contributed by atoms with Crippen molar-refractivity contribution >= 4 is 18.3 Å². The number of benzene rings is 1. The van der Waals surface area contributed by atoms with Crippen LogP contribution in [0.2, 0.25) is 0 Å². The predicted molar refractivity (Wildman–Crippen MR) is 79.9 cm³/mol. The third-order valence-electron chi connectivity index (χ3n) is 2.56. The molecule has 0 fully saturated rings. The second-order valence-electron chi connectivity index (χ2n) is 4.21. The van der Waals surface area contributed by atoms with Gasteiger partial charge in [0.1, 0.15) is 11.6 Å². The summed E-state index contributed by atoms with van der Waals surface area (Å²) in [5.74, 6) is 0.378. The molecule has 0 unspecified atom stereocenters. The summed E-state index contributed by atoms with van der Waals surface area (Å²) in [5, 5.41) is 5.86. The molecule has 114 valence electrons. The van der Waals surface area contributed by atoms with Gasteiger partial charge in [-0.25, -0.2) is 4.39 Å². The van der Waals surface area contributed by atoms with Crippen LogP contribution in [0.3, 0.4) is 0 Å². The summed E-state index contributed by atoms with van der Waals surface area (Å²) < 4.78 is 18.0. The number of hydrogen-bond acceptors (Lipinski definition) is 3. The lowest BCUT2D eigenvalue weighted by molar-refractivity contribution is -0.121. The smallest absolute Gasteiger partial charge is 0.220 e. The lowest BCUT2D eigenvalue weighted by Gasteiger charge is -2.07. The van der Waals surface area contributed by atoms with Crippen LogP contribution < -0.4 is 15.4 Å². The van der Waals surface area contributed by atoms with Gasteiger partial charge >= 0.3 is 0 Å². The zero-order valence-corrected chi connectivity index (χ0v) is 12.5. The van der Waals surface area contributed by atoms with Crippen molar-refractivity contribution in [3.63, 3.8) is 0 Å². The molecule has 0 spiro atoms. The Balaban J connectivity index is 0.00000361. The molecule has 0 saturated carbocycles. The Bertz CT molecular complexity index is 374. The summed E-state index contributed by atoms with van der Waals surface area (Å²) in [7, 11) is 1.88. The molecule has 0 aliphatic heterocycles. The molecule has 0 bridgehead atoms. The van der Waals surface area contributed by atoms with E-state index in [4.69, 9.17) is 4.74 Å². The Hall–Kier alpha value is -1.33. The van der Waals surface area contributed by atoms with Crippen molar-refractivity contribution in [1.29, 1.82) is 0 Å². The number of rotatable bonds is 9. The lowest BCUT2D eigenvalue weighted by Crippen LogP contribution is -2.26. The van der Waals surface area contributed by atoms with Crippen molar-refractivity contribution in [3.05, 3.63) is 30.1 Å². The SMILES string of the molecule is CNCCCNC(=O)CCCOc1ccc(F)cc1.Cl. The highest BCUT2D eigenvalue weighted by atomic mass is 35.5. The minimum atomic E-state index is -0.284. The van der Waals surface area contributed by atoms with Crippen LogP contribution in [-0.2, 0) is 4.79 Å². The van der Waals surface area contributed by atoms with Crippen LogP contribution in [0.5, 0.6) is 5.75 Å². The quantitative estimate of drug-likeness (QED) is 0.687. The van der Waals surface area contributed by atoms with Crippen molar-refractivity contribution in [1.82, 2.24) is 10.6 Å². The molecule has 1 amide bonds. The number of amides is 1. The van der Waals surface area contributed by atoms with E-state index in [1.807, 2.05) is 7.05 Å². The molecule has 2 N–H and O–H groups in total. The van der Waals surface area contributed by atoms with Crippen LogP contribution in [0, 0.1) is 5.82 Å². The molecule has 1 aromatic carbocycles. The molecule has 0 aliphatic rings. The number of ether oxygens (including phenoxy) is 1. The van der Waals surface area contributed by atoms with Crippen molar-refractivity contribution in [3.8, 4) is 5.75 Å². The van der Waals surface area contributed by atoms with Crippen LogP contribution in [0.1, 0.15) is 19.3 Å². The maximum atomic E-state index is 12.6. The van der Waals surface area contributed by atoms with Gasteiger partial charge in [0.25, 0.3) is 0 Å². The fraction of sp³-hybridized carbons (Fsp3) is 0.500. The zero-order chi connectivity index (χ0) is 13.9. The van der Waals surface area contributed by atoms with Gasteiger partial charge in [0.2, 0.25) is 5.91 Å². The lowest BCUT2D eigenvalue weighted by atomic mass is 10.3. The van der Waals surface area contributed by atoms with Gasteiger partial charge in [0.05, 0.1) is 6.61 Å². The summed E-state index contributed by atoms with van der Waals surface area (Å²) in [6, 6.07) is 5.86. The highest BCUT2D eigenvalue weighted by molar-refractivity contribution is 5.85. The van der Waals surface area contributed by atoms with E-state index in [2.05, 4.69) is 10.6 Å². The third kappa shape index (κ3) is 8.72. The Labute approximate surface area is 125 Å². The molecule has 20 heavy (non-hydrogen) atoms. The molecular weight excluding hydrogens is 283 g/mol. The topological polar surface area (TPSA) is 50.4 Å². The molecule has 4 nitrogen and oxygen atoms in total. The van der Waals surface area contributed by atoms with Crippen LogP contribution >= 0.6 is 12.4 Å². The summed E-state index contributed by atoms with van der Waals surface area (Å²) >= 11 is 0. The number of nitrogens with one attached hydrogen (secondary N) is 2. The second kappa shape index (κ2) is 11.5. The van der Waals surface area contributed by atoms with Gasteiger partial charge in [-0.1, -0.05) is 0 Å². The average Bonchev–Trinajstić information content (AvgIpc) is 2.42. The number of carbonyl (C=O) groups is 1. The summed E-state index contributed by atoms with van der Waals surface area (Å²) in [4.78, 5) is 11.4. The second-order valence-corrected chi connectivity index (χ2v) is 4.21. The number of carbonyl (C=O) groups excluding carboxylic acids is 1. The van der Waals surface area contributed by atoms with Crippen molar-refractivity contribution in [2.75, 3.05) is 26.7 Å². The van der Waals surface area contributed by atoms with Gasteiger partial charge in [-0.2, -0.15) is 0 Å². The fourth-order valence-corrected chi connectivity index (χ4v) is 1.53. The standard InChI is InChI=1S/C14H21FN2O2.ClH/c1-16-9-3-10-17-14(18)4-2-11-19-13-7-5-12(15)6-8-13;/h5-8,16H,2-4,9-11H2,1H3,(H,17,18);1H. The van der Waals surface area contributed by atoms with E-state index in [1.54, 1.807) is 12.1 Å². The first-order valence-corrected chi connectivity index (χ1v) is 6.52. The minimum absolute atomic E-state index is 0. The summed E-state index contributed by atoms with van der Waals surface area (Å²) in [5.41, 5.74) is 0. The predicted octanol–water partition coefficient (Wildman–Crippen LogP) is 2.13. The number of halogens is 2. The molecule has 0 saturated heterocycles. The molecule has 0 heterocycles. The van der Waals surface area contributed by atoms with Crippen LogP contribution in [-0.4, -0.2) is 32.7 Å². The van der Waals surface area contributed by atoms with Gasteiger partial charge in [0.15, 0.2) is 0 Å². The molecule has 0 atom stereocenters. The number of hydrogen-bond donors (Lipinski definition) is 2. The largest absolute Gasteiger partial charge is 0.494 e. The zero-order valence-electron chi connectivity index (χ0n) is 11.7. The van der Waals surface area contributed by atoms with Crippen LogP contribution in [0.4, 0.5) is 4.39 Å². The maximum Gasteiger partial charge on any atom is 0.220 e. The molecule has 0 aromatic heterocycles. The minimum Gasteiger partial charge on any atom is -0.494 e. The highest BCUT2D eigenvalue weighted by Gasteiger charge is 2.01. The van der Waals surface area contributed by atoms with Crippen LogP contribution in [0.15, 0.2) is 24.3 Å². The van der Waals surface area contributed by atoms with E-state index in [1.165, 1.54) is 12.1 Å². The molecule has 1 rings (SSSR count). The normalized spacial score (nSPS) is 9.70. The van der Waals surface area contributed by atoms with Crippen molar-refractivity contribution in [2.45, 2.75) is 19.3 Å². The van der Waals surface area contributed by atoms with E-state index in [-0.39, 0.29) is 24.1 Å². The van der Waals surface area contributed by atoms with Gasteiger partial charge in [0, 0.05) is 13.0 Å². The van der Waals surface area contributed by atoms with Gasteiger partial charge < -0.3 is 15.4 Å². The van der Waals surface area contributed by atoms with E-state index in [9.17, 15) is 9.18 Å². The Kier molecular flexibility index (Phi) is 10.7. The first-order valence-electron chi connectivity index (χ1n) is 6.52. The molecule has 6 heteroatoms. The van der Waals surface area contributed by atoms with Crippen molar-refractivity contribution in [2.24, 2.45) is 0 Å². The first kappa shape index (κ1) is 18.7. The highest BCUT2D eigenvalue weighted by Crippen LogP contribution is 2.11. The fourth-order valence-electron chi connectivity index (χ4n) is 1.53. The molecular formula is C14H22ClFN2O2. The van der Waals surface area contributed by atoms with E-state index >= 15 is 0 Å². The Morgan fingerprint density at radius 3 is 2.55 bits per heavy atom. The van der Waals surface area contributed by atoms with Crippen molar-refractivity contribution < 1.29 is 13.9 Å². The van der Waals surface area contributed by atoms with E-state index in [0.717, 1.165) is 13.0 Å².